The van der Waals surface area contributed by atoms with E-state index in [1.54, 1.807) is 30.3 Å². The number of carboxylic acid groups (broad SMARTS) is 1. The molecule has 2 saturated heterocycles. The van der Waals surface area contributed by atoms with Crippen molar-refractivity contribution < 1.29 is 63.5 Å². The number of hydrogen-bond donors (Lipinski definition) is 13. The molecule has 2 aliphatic heterocycles. The van der Waals surface area contributed by atoms with Gasteiger partial charge in [0.2, 0.25) is 35.4 Å². The summed E-state index contributed by atoms with van der Waals surface area (Å²) in [4.78, 5) is 108. The van der Waals surface area contributed by atoms with Crippen molar-refractivity contribution in [1.82, 2.24) is 37.2 Å². The van der Waals surface area contributed by atoms with E-state index in [9.17, 15) is 58.8 Å². The van der Waals surface area contributed by atoms with Gasteiger partial charge in [0.05, 0.1) is 25.6 Å². The fraction of sp³-hybridized carbons (Fsp3) is 0.583. The summed E-state index contributed by atoms with van der Waals surface area (Å²) in [7, 11) is 0. The number of carbonyl (C=O) groups is 8. The van der Waals surface area contributed by atoms with Gasteiger partial charge in [-0.3, -0.25) is 43.3 Å². The number of benzene rings is 1. The third kappa shape index (κ3) is 15.4. The van der Waals surface area contributed by atoms with Gasteiger partial charge in [-0.15, -0.1) is 0 Å². The van der Waals surface area contributed by atoms with Crippen molar-refractivity contribution in [1.29, 1.82) is 0 Å². The molecule has 0 aliphatic carbocycles. The second kappa shape index (κ2) is 23.5. The Labute approximate surface area is 338 Å². The van der Waals surface area contributed by atoms with Crippen molar-refractivity contribution in [3.63, 3.8) is 0 Å². The first kappa shape index (κ1) is 47.5. The number of ether oxygens (including phenoxy) is 1. The molecule has 0 spiro atoms. The fourth-order valence-electron chi connectivity index (χ4n) is 6.36. The second-order valence-electron chi connectivity index (χ2n) is 14.0. The molecule has 0 radical (unpaired) electrons. The Bertz CT molecular complexity index is 1680. The molecule has 7 amide bonds. The van der Waals surface area contributed by atoms with E-state index in [0.29, 0.717) is 5.56 Å². The monoisotopic (exact) mass is 834 g/mol. The summed E-state index contributed by atoms with van der Waals surface area (Å²) in [5.41, 5.74) is 11.4. The highest BCUT2D eigenvalue weighted by Gasteiger charge is 2.47. The van der Waals surface area contributed by atoms with Crippen molar-refractivity contribution in [2.45, 2.75) is 106 Å². The number of aliphatic hydroxyl groups excluding tert-OH is 3. The van der Waals surface area contributed by atoms with Crippen molar-refractivity contribution in [3.05, 3.63) is 35.9 Å². The number of aliphatic imine (C=N–C) groups is 1. The van der Waals surface area contributed by atoms with Crippen LogP contribution in [-0.2, 0) is 49.5 Å². The summed E-state index contributed by atoms with van der Waals surface area (Å²) in [5, 5.41) is 57.2. The van der Waals surface area contributed by atoms with Crippen LogP contribution in [0.1, 0.15) is 51.0 Å². The smallest absolute Gasteiger partial charge is 0.305 e. The number of aliphatic carboxylic acids is 1. The van der Waals surface area contributed by atoms with E-state index < -0.39 is 122 Å². The molecule has 2 aliphatic rings. The van der Waals surface area contributed by atoms with Crippen LogP contribution in [0, 0.1) is 0 Å². The average molecular weight is 835 g/mol. The quantitative estimate of drug-likeness (QED) is 0.0419. The number of amides is 7. The van der Waals surface area contributed by atoms with Crippen molar-refractivity contribution in [2.75, 3.05) is 26.2 Å². The summed E-state index contributed by atoms with van der Waals surface area (Å²) in [6, 6.07) is 1.49. The van der Waals surface area contributed by atoms with Gasteiger partial charge in [0.15, 0.2) is 12.1 Å². The minimum atomic E-state index is -1.65. The minimum Gasteiger partial charge on any atom is -0.481 e. The molecule has 2 fully saturated rings. The van der Waals surface area contributed by atoms with Gasteiger partial charge in [0, 0.05) is 26.4 Å². The maximum Gasteiger partial charge on any atom is 0.305 e. The molecular weight excluding hydrogens is 780 g/mol. The van der Waals surface area contributed by atoms with Gasteiger partial charge in [-0.1, -0.05) is 30.3 Å². The van der Waals surface area contributed by atoms with Crippen LogP contribution in [0.25, 0.3) is 0 Å². The predicted octanol–water partition coefficient (Wildman–Crippen LogP) is -5.90. The molecule has 0 aromatic heterocycles. The Morgan fingerprint density at radius 3 is 2.07 bits per heavy atom. The van der Waals surface area contributed by atoms with E-state index >= 15 is 0 Å². The summed E-state index contributed by atoms with van der Waals surface area (Å²) in [6.45, 7) is -0.236. The molecule has 15 N–H and O–H groups in total. The predicted molar refractivity (Wildman–Crippen MR) is 205 cm³/mol. The summed E-state index contributed by atoms with van der Waals surface area (Å²) < 4.78 is 5.50. The maximum atomic E-state index is 13.9. The Kier molecular flexibility index (Phi) is 18.9. The number of carboxylic acids is 1. The van der Waals surface area contributed by atoms with E-state index in [-0.39, 0.29) is 57.6 Å². The Morgan fingerprint density at radius 2 is 1.44 bits per heavy atom. The van der Waals surface area contributed by atoms with Crippen molar-refractivity contribution in [2.24, 2.45) is 16.5 Å². The highest BCUT2D eigenvalue weighted by molar-refractivity contribution is 5.98. The lowest BCUT2D eigenvalue weighted by atomic mass is 9.92. The number of rotatable bonds is 16. The Morgan fingerprint density at radius 1 is 0.831 bits per heavy atom. The molecule has 0 saturated carbocycles. The number of hydrogen-bond acceptors (Lipinski definition) is 13. The molecule has 2 heterocycles. The molecule has 1 aromatic rings. The maximum absolute atomic E-state index is 13.9. The first-order valence-electron chi connectivity index (χ1n) is 19.0. The third-order valence-electron chi connectivity index (χ3n) is 9.35. The van der Waals surface area contributed by atoms with Crippen LogP contribution in [0.3, 0.4) is 0 Å². The molecule has 9 atom stereocenters. The van der Waals surface area contributed by atoms with Gasteiger partial charge in [-0.05, 0) is 37.7 Å². The molecule has 326 valence electrons. The molecule has 1 aromatic carbocycles. The first-order valence-corrected chi connectivity index (χ1v) is 19.0. The lowest BCUT2D eigenvalue weighted by Gasteiger charge is -2.41. The van der Waals surface area contributed by atoms with Gasteiger partial charge >= 0.3 is 5.97 Å². The van der Waals surface area contributed by atoms with Gasteiger partial charge < -0.3 is 73.8 Å². The van der Waals surface area contributed by atoms with Crippen LogP contribution >= 0.6 is 0 Å². The van der Waals surface area contributed by atoms with E-state index in [4.69, 9.17) is 16.2 Å². The highest BCUT2D eigenvalue weighted by Crippen LogP contribution is 2.22. The minimum absolute atomic E-state index is 0.0213. The normalized spacial score (nSPS) is 26.9. The highest BCUT2D eigenvalue weighted by atomic mass is 16.5. The summed E-state index contributed by atoms with van der Waals surface area (Å²) >= 11 is 0. The standard InChI is InChI=1S/C36H54N10O13/c1-18(48)42-27-29(53)28(52)24(17-47)59-30(27)35(58)39-12-6-5-10-21-32(55)44-20(11-7-13-40-36(37)38)31(54)41-16-25(49)43-23(15-26(50)51)34(57)46-22(33(56)45-21)14-19-8-3-2-4-9-19/h2-4,8-9,20-24,27-30,47,52-53H,5-7,10-17H2,1H3,(H,39,58)(H,41,54)(H,42,48)(H,43,49)(H,44,55)(H,45,56)(H,46,57)(H,50,51)(H4,37,38,40)/t20-,21-,22+,23-,24-,27-,28-,29-,30-/m0/s1. The zero-order valence-electron chi connectivity index (χ0n) is 32.4. The first-order chi connectivity index (χ1) is 28.0. The Balaban J connectivity index is 1.86. The Hall–Kier alpha value is -5.91. The average Bonchev–Trinajstić information content (AvgIpc) is 3.18. The molecule has 59 heavy (non-hydrogen) atoms. The fourth-order valence-corrected chi connectivity index (χ4v) is 6.36. The largest absolute Gasteiger partial charge is 0.481 e. The van der Waals surface area contributed by atoms with Gasteiger partial charge in [0.1, 0.15) is 42.5 Å². The van der Waals surface area contributed by atoms with Crippen LogP contribution in [0.2, 0.25) is 0 Å². The zero-order valence-corrected chi connectivity index (χ0v) is 32.4. The number of aliphatic hydroxyl groups is 3. The van der Waals surface area contributed by atoms with Gasteiger partial charge in [-0.2, -0.15) is 0 Å². The van der Waals surface area contributed by atoms with Crippen LogP contribution in [0.4, 0.5) is 0 Å². The number of guanidine groups is 1. The number of unbranched alkanes of at least 4 members (excludes halogenated alkanes) is 1. The lowest BCUT2D eigenvalue weighted by Crippen LogP contribution is -2.67. The molecular formula is C36H54N10O13. The molecule has 23 heteroatoms. The van der Waals surface area contributed by atoms with E-state index in [2.05, 4.69) is 42.2 Å². The molecule has 23 nitrogen and oxygen atoms in total. The van der Waals surface area contributed by atoms with E-state index in [1.165, 1.54) is 0 Å². The zero-order chi connectivity index (χ0) is 43.6. The van der Waals surface area contributed by atoms with Gasteiger partial charge in [-0.25, -0.2) is 0 Å². The summed E-state index contributed by atoms with van der Waals surface area (Å²) in [5.74, 6) is -7.45. The molecule has 0 bridgehead atoms. The number of nitrogens with two attached hydrogens (primary N) is 2. The number of nitrogens with one attached hydrogen (secondary N) is 7. The number of nitrogens with zero attached hydrogens (tertiary/aromatic N) is 1. The third-order valence-corrected chi connectivity index (χ3v) is 9.35. The van der Waals surface area contributed by atoms with Crippen LogP contribution in [0.15, 0.2) is 35.3 Å². The molecule has 3 rings (SSSR count). The topological polar surface area (TPSA) is 375 Å². The van der Waals surface area contributed by atoms with E-state index in [1.807, 2.05) is 0 Å². The van der Waals surface area contributed by atoms with Crippen molar-refractivity contribution >= 4 is 53.3 Å². The summed E-state index contributed by atoms with van der Waals surface area (Å²) in [6.07, 6.45) is -6.56. The van der Waals surface area contributed by atoms with Crippen LogP contribution < -0.4 is 48.7 Å². The van der Waals surface area contributed by atoms with Gasteiger partial charge in [0.25, 0.3) is 5.91 Å². The SMILES string of the molecule is CC(=O)N[C@H]1[C@H](O)[C@@H](O)[C@H](CO)O[C@@H]1C(=O)NCCCC[C@@H]1NC(=O)[C@@H](Cc2ccccc2)NC(=O)[C@H](CC(=O)O)NC(=O)CNC(=O)[C@H](CCCN=C(N)N)NC1=O. The number of carbonyl (C=O) groups excluding carboxylic acids is 7. The van der Waals surface area contributed by atoms with E-state index in [0.717, 1.165) is 6.92 Å². The van der Waals surface area contributed by atoms with Crippen LogP contribution in [0.5, 0.6) is 0 Å². The van der Waals surface area contributed by atoms with Crippen LogP contribution in [-0.4, -0.2) is 155 Å². The molecule has 0 unspecified atom stereocenters. The van der Waals surface area contributed by atoms with Crippen molar-refractivity contribution in [3.8, 4) is 0 Å². The lowest BCUT2D eigenvalue weighted by molar-refractivity contribution is -0.198. The second-order valence-corrected chi connectivity index (χ2v) is 14.0.